The highest BCUT2D eigenvalue weighted by molar-refractivity contribution is 6.31. The third kappa shape index (κ3) is 19.1. The number of amides is 12. The number of aryl methyl sites for hydroxylation is 1. The van der Waals surface area contributed by atoms with Gasteiger partial charge in [-0.05, 0) is 112 Å². The van der Waals surface area contributed by atoms with Crippen molar-refractivity contribution in [1.29, 1.82) is 0 Å². The summed E-state index contributed by atoms with van der Waals surface area (Å²) in [5, 5.41) is 8.14. The molecule has 1 aromatic carbocycles. The van der Waals surface area contributed by atoms with Gasteiger partial charge >= 0.3 is 6.18 Å². The lowest BCUT2D eigenvalue weighted by atomic mass is 9.81. The molecule has 12 amide bonds. The molecule has 0 bridgehead atoms. The van der Waals surface area contributed by atoms with Crippen molar-refractivity contribution >= 4 is 82.5 Å². The summed E-state index contributed by atoms with van der Waals surface area (Å²) in [6, 6.07) is -5.45. The van der Waals surface area contributed by atoms with E-state index in [0.717, 1.165) is 71.8 Å². The van der Waals surface area contributed by atoms with Crippen LogP contribution in [0.2, 0.25) is 5.02 Å². The average molecular weight is 1400 g/mol. The fourth-order valence-electron chi connectivity index (χ4n) is 15.4. The van der Waals surface area contributed by atoms with Crippen LogP contribution in [0.25, 0.3) is 0 Å². The Balaban J connectivity index is 1.27. The first kappa shape index (κ1) is 78.3. The molecule has 1 aromatic rings. The molecule has 3 aliphatic heterocycles. The molecule has 98 heavy (non-hydrogen) atoms. The maximum atomic E-state index is 15.7. The fraction of sp³-hybridized carbons (Fsp3) is 0.743. The summed E-state index contributed by atoms with van der Waals surface area (Å²) in [6.07, 6.45) is 5.73. The third-order valence-electron chi connectivity index (χ3n) is 21.7. The Labute approximate surface area is 580 Å². The highest BCUT2D eigenvalue weighted by Crippen LogP contribution is 2.38. The Morgan fingerprint density at radius 3 is 1.85 bits per heavy atom. The number of nitrogens with one attached hydrogen (secondary N) is 3. The number of alkyl halides is 3. The highest BCUT2D eigenvalue weighted by atomic mass is 35.5. The molecular formula is C70H106ClF3N12O12. The quantitative estimate of drug-likeness (QED) is 0.252. The number of hydrogen-bond donors (Lipinski definition) is 3. The molecule has 6 aliphatic rings. The Kier molecular flexibility index (Phi) is 27.8. The van der Waals surface area contributed by atoms with Gasteiger partial charge < -0.3 is 60.0 Å². The summed E-state index contributed by atoms with van der Waals surface area (Å²) in [6.45, 7) is 4.55. The molecule has 6 fully saturated rings. The van der Waals surface area contributed by atoms with Crippen LogP contribution in [0.1, 0.15) is 180 Å². The van der Waals surface area contributed by atoms with Gasteiger partial charge in [-0.2, -0.15) is 13.2 Å². The maximum absolute atomic E-state index is 15.7. The van der Waals surface area contributed by atoms with E-state index in [9.17, 15) is 51.5 Å². The second-order valence-corrected chi connectivity index (χ2v) is 29.0. The lowest BCUT2D eigenvalue weighted by Gasteiger charge is -2.43. The summed E-state index contributed by atoms with van der Waals surface area (Å²) >= 11 is 6.15. The minimum absolute atomic E-state index is 0.0320. The lowest BCUT2D eigenvalue weighted by Crippen LogP contribution is -2.65. The number of rotatable bonds is 11. The van der Waals surface area contributed by atoms with Crippen molar-refractivity contribution in [3.63, 3.8) is 0 Å². The monoisotopic (exact) mass is 1400 g/mol. The number of carbonyl (C=O) groups is 12. The second-order valence-electron chi connectivity index (χ2n) is 28.6. The molecule has 0 radical (unpaired) electrons. The molecule has 28 heteroatoms. The number of nitrogens with zero attached hydrogens (tertiary/aromatic N) is 9. The van der Waals surface area contributed by atoms with Gasteiger partial charge in [0.25, 0.3) is 0 Å². The van der Waals surface area contributed by atoms with E-state index in [-0.39, 0.29) is 57.4 Å². The molecule has 3 N–H and O–H groups in total. The maximum Gasteiger partial charge on any atom is 0.417 e. The van der Waals surface area contributed by atoms with E-state index in [1.807, 2.05) is 13.8 Å². The molecule has 0 aromatic heterocycles. The van der Waals surface area contributed by atoms with E-state index in [2.05, 4.69) is 16.0 Å². The van der Waals surface area contributed by atoms with Crippen molar-refractivity contribution in [2.24, 2.45) is 17.8 Å². The molecule has 0 unspecified atom stereocenters. The van der Waals surface area contributed by atoms with Gasteiger partial charge in [0.05, 0.1) is 36.6 Å². The number of halogens is 4. The Morgan fingerprint density at radius 2 is 1.23 bits per heavy atom. The summed E-state index contributed by atoms with van der Waals surface area (Å²) in [7, 11) is 9.97. The van der Waals surface area contributed by atoms with Gasteiger partial charge in [-0.3, -0.25) is 57.5 Å². The highest BCUT2D eigenvalue weighted by Gasteiger charge is 2.51. The second kappa shape index (κ2) is 34.8. The van der Waals surface area contributed by atoms with Crippen LogP contribution in [0.15, 0.2) is 18.2 Å². The summed E-state index contributed by atoms with van der Waals surface area (Å²) in [4.78, 5) is 190. The van der Waals surface area contributed by atoms with Gasteiger partial charge in [-0.15, -0.1) is 0 Å². The van der Waals surface area contributed by atoms with Crippen molar-refractivity contribution in [1.82, 2.24) is 60.0 Å². The van der Waals surface area contributed by atoms with E-state index in [0.29, 0.717) is 76.4 Å². The molecule has 546 valence electrons. The molecule has 24 nitrogen and oxygen atoms in total. The Bertz CT molecular complexity index is 3060. The predicted molar refractivity (Wildman–Crippen MR) is 360 cm³/mol. The molecule has 8 atom stereocenters. The molecule has 3 saturated carbocycles. The fourth-order valence-corrected chi connectivity index (χ4v) is 15.7. The molecular weight excluding hydrogens is 1290 g/mol. The number of carbonyl (C=O) groups excluding carboxylic acids is 12. The number of hydrogen-bond acceptors (Lipinski definition) is 12. The first-order valence-electron chi connectivity index (χ1n) is 35.5. The van der Waals surface area contributed by atoms with Crippen LogP contribution in [-0.2, 0) is 70.1 Å². The number of likely N-dealkylation sites (N-methyl/N-ethyl adjacent to an activating group) is 7. The van der Waals surface area contributed by atoms with Crippen molar-refractivity contribution < 1.29 is 70.7 Å². The summed E-state index contributed by atoms with van der Waals surface area (Å²) < 4.78 is 41.6. The third-order valence-corrected chi connectivity index (χ3v) is 22.0. The van der Waals surface area contributed by atoms with E-state index in [1.165, 1.54) is 79.9 Å². The zero-order valence-electron chi connectivity index (χ0n) is 59.2. The number of likely N-dealkylation sites (tertiary alicyclic amines) is 1. The predicted octanol–water partition coefficient (Wildman–Crippen LogP) is 5.40. The van der Waals surface area contributed by atoms with Crippen molar-refractivity contribution in [3.8, 4) is 0 Å². The molecule has 3 heterocycles. The van der Waals surface area contributed by atoms with E-state index < -0.39 is 173 Å². The lowest BCUT2D eigenvalue weighted by molar-refractivity contribution is -0.156. The molecule has 1 spiro atoms. The zero-order chi connectivity index (χ0) is 72.1. The first-order valence-corrected chi connectivity index (χ1v) is 35.9. The SMILES string of the molecule is CCC[C@H]1C(=O)N[C@@H]([C@@H](C)CC)C(=O)N(C)CC(=O)N(C)CC(=O)N(C)[C@@H](CC2CCCC2)C(=O)N(C)CC(=O)N[C@@H](CCc2ccc(C(F)(F)F)c(Cl)c2)C(=O)N2CCC[C@H]2C(=O)NC2(CCCC2)C(=O)N(C)[C@@H](C2CCCCC2)C(=O)N(C)[C@H](C(=O)N2CCCC2)CC(=O)N1C. The van der Waals surface area contributed by atoms with E-state index in [1.54, 1.807) is 11.8 Å². The standard InChI is InChI=1S/C70H106ClF3N12O12/c1-11-23-51-61(91)76-59(44(3)12-2)66(96)80(6)42-57(89)78(4)43-58(90)82(8)53(39-45-24-16-17-25-45)64(94)79(5)41-55(87)75-50(32-30-46-29-31-48(49(71)38-46)70(72,73)74)63(93)86-37-22-28-52(86)62(92)77-69(33-18-19-34-69)68(98)84(10)60(47-26-14-13-15-27-47)67(97)83(9)54(40-56(88)81(51)7)65(95)85-35-20-21-36-85/h29,31,38,44-45,47,50-54,59-60H,11-28,30,32-37,39-43H2,1-10H3,(H,75,87)(H,76,91)(H,77,92)/t44-,50-,51-,52-,53-,54-,59-,60-/m0/s1. The van der Waals surface area contributed by atoms with Gasteiger partial charge in [0.2, 0.25) is 70.9 Å². The van der Waals surface area contributed by atoms with Gasteiger partial charge in [-0.25, -0.2) is 0 Å². The minimum Gasteiger partial charge on any atom is -0.343 e. The van der Waals surface area contributed by atoms with Crippen LogP contribution in [-0.4, -0.2) is 251 Å². The smallest absolute Gasteiger partial charge is 0.343 e. The van der Waals surface area contributed by atoms with Crippen LogP contribution < -0.4 is 16.0 Å². The first-order chi connectivity index (χ1) is 46.3. The van der Waals surface area contributed by atoms with E-state index in [4.69, 9.17) is 11.6 Å². The normalized spacial score (nSPS) is 26.9. The van der Waals surface area contributed by atoms with Crippen LogP contribution in [0.3, 0.4) is 0 Å². The zero-order valence-corrected chi connectivity index (χ0v) is 59.9. The Hall–Kier alpha value is -7.06. The van der Waals surface area contributed by atoms with Crippen LogP contribution >= 0.6 is 11.6 Å². The molecule has 3 saturated heterocycles. The van der Waals surface area contributed by atoms with Gasteiger partial charge in [-0.1, -0.05) is 109 Å². The largest absolute Gasteiger partial charge is 0.417 e. The Morgan fingerprint density at radius 1 is 0.622 bits per heavy atom. The van der Waals surface area contributed by atoms with Crippen LogP contribution in [0, 0.1) is 17.8 Å². The van der Waals surface area contributed by atoms with Crippen LogP contribution in [0.5, 0.6) is 0 Å². The van der Waals surface area contributed by atoms with Crippen molar-refractivity contribution in [2.45, 2.75) is 229 Å². The topological polar surface area (TPSA) is 270 Å². The van der Waals surface area contributed by atoms with Crippen molar-refractivity contribution in [3.05, 3.63) is 34.3 Å². The number of benzene rings is 1. The summed E-state index contributed by atoms with van der Waals surface area (Å²) in [5.74, 6) is -8.49. The molecule has 3 aliphatic carbocycles. The van der Waals surface area contributed by atoms with Gasteiger partial charge in [0.1, 0.15) is 47.8 Å². The van der Waals surface area contributed by atoms with Crippen LogP contribution in [0.4, 0.5) is 13.2 Å². The van der Waals surface area contributed by atoms with E-state index >= 15 is 19.2 Å². The number of fused-ring (bicyclic) bond motifs is 1. The minimum atomic E-state index is -4.76. The van der Waals surface area contributed by atoms with Gasteiger partial charge in [0.15, 0.2) is 0 Å². The van der Waals surface area contributed by atoms with Gasteiger partial charge in [0, 0.05) is 69.0 Å². The van der Waals surface area contributed by atoms with Crippen molar-refractivity contribution in [2.75, 3.05) is 88.6 Å². The summed E-state index contributed by atoms with van der Waals surface area (Å²) in [5.41, 5.74) is -2.33. The average Bonchev–Trinajstić information content (AvgIpc) is 1.43. The molecule has 7 rings (SSSR count).